The molecular formula is C18H20O2. The van der Waals surface area contributed by atoms with Gasteiger partial charge in [0.2, 0.25) is 0 Å². The van der Waals surface area contributed by atoms with Gasteiger partial charge < -0.3 is 10.2 Å². The summed E-state index contributed by atoms with van der Waals surface area (Å²) in [7, 11) is 0. The van der Waals surface area contributed by atoms with E-state index in [1.54, 1.807) is 24.3 Å². The summed E-state index contributed by atoms with van der Waals surface area (Å²) in [6.45, 7) is 6.35. The fraction of sp³-hybridized carbons (Fsp3) is 0.222. The van der Waals surface area contributed by atoms with Crippen LogP contribution >= 0.6 is 0 Å². The Labute approximate surface area is 120 Å². The van der Waals surface area contributed by atoms with Crippen molar-refractivity contribution in [2.75, 3.05) is 0 Å². The molecule has 0 fully saturated rings. The van der Waals surface area contributed by atoms with Gasteiger partial charge in [0.05, 0.1) is 0 Å². The molecule has 0 unspecified atom stereocenters. The number of phenols is 2. The van der Waals surface area contributed by atoms with Crippen LogP contribution in [-0.4, -0.2) is 10.2 Å². The minimum atomic E-state index is -0.129. The van der Waals surface area contributed by atoms with Crippen molar-refractivity contribution in [2.24, 2.45) is 0 Å². The lowest BCUT2D eigenvalue weighted by Gasteiger charge is -2.22. The van der Waals surface area contributed by atoms with E-state index in [1.165, 1.54) is 0 Å². The van der Waals surface area contributed by atoms with Gasteiger partial charge in [-0.25, -0.2) is 0 Å². The summed E-state index contributed by atoms with van der Waals surface area (Å²) in [6, 6.07) is 14.5. The lowest BCUT2D eigenvalue weighted by molar-refractivity contribution is 0.474. The maximum Gasteiger partial charge on any atom is 0.115 e. The van der Waals surface area contributed by atoms with Crippen molar-refractivity contribution in [2.45, 2.75) is 26.2 Å². The second-order valence-electron chi connectivity index (χ2n) is 5.64. The highest BCUT2D eigenvalue weighted by atomic mass is 16.3. The average Bonchev–Trinajstić information content (AvgIpc) is 2.39. The zero-order valence-corrected chi connectivity index (χ0v) is 12.1. The van der Waals surface area contributed by atoms with E-state index < -0.39 is 0 Å². The van der Waals surface area contributed by atoms with Crippen molar-refractivity contribution >= 4 is 5.57 Å². The van der Waals surface area contributed by atoms with E-state index in [4.69, 9.17) is 0 Å². The SMILES string of the molecule is C/C(=C/C(C)(C)c1ccc(O)cc1)c1ccc(O)cc1. The topological polar surface area (TPSA) is 40.5 Å². The van der Waals surface area contributed by atoms with Gasteiger partial charge in [-0.3, -0.25) is 0 Å². The van der Waals surface area contributed by atoms with E-state index in [-0.39, 0.29) is 16.9 Å². The Kier molecular flexibility index (Phi) is 3.84. The molecule has 0 spiro atoms. The van der Waals surface area contributed by atoms with Gasteiger partial charge in [0.15, 0.2) is 0 Å². The summed E-state index contributed by atoms with van der Waals surface area (Å²) in [6.07, 6.45) is 2.20. The summed E-state index contributed by atoms with van der Waals surface area (Å²) in [5.41, 5.74) is 3.27. The molecule has 0 aliphatic rings. The number of hydrogen-bond donors (Lipinski definition) is 2. The second-order valence-corrected chi connectivity index (χ2v) is 5.64. The number of hydrogen-bond acceptors (Lipinski definition) is 2. The normalized spacial score (nSPS) is 12.4. The van der Waals surface area contributed by atoms with Crippen molar-refractivity contribution < 1.29 is 10.2 Å². The van der Waals surface area contributed by atoms with E-state index in [9.17, 15) is 10.2 Å². The van der Waals surface area contributed by atoms with E-state index in [1.807, 2.05) is 24.3 Å². The van der Waals surface area contributed by atoms with Crippen LogP contribution in [-0.2, 0) is 5.41 Å². The molecule has 2 aromatic carbocycles. The van der Waals surface area contributed by atoms with Crippen LogP contribution in [0.5, 0.6) is 11.5 Å². The molecule has 20 heavy (non-hydrogen) atoms. The van der Waals surface area contributed by atoms with Gasteiger partial charge in [-0.05, 0) is 47.9 Å². The molecule has 2 aromatic rings. The molecule has 104 valence electrons. The van der Waals surface area contributed by atoms with E-state index in [0.717, 1.165) is 16.7 Å². The van der Waals surface area contributed by atoms with Crippen LogP contribution < -0.4 is 0 Å². The van der Waals surface area contributed by atoms with Crippen LogP contribution in [0.1, 0.15) is 31.9 Å². The molecule has 2 rings (SSSR count). The summed E-state index contributed by atoms with van der Waals surface area (Å²) in [5.74, 6) is 0.558. The lowest BCUT2D eigenvalue weighted by atomic mass is 9.82. The van der Waals surface area contributed by atoms with E-state index >= 15 is 0 Å². The van der Waals surface area contributed by atoms with E-state index in [0.29, 0.717) is 0 Å². The van der Waals surface area contributed by atoms with Gasteiger partial charge in [0.1, 0.15) is 11.5 Å². The molecule has 0 atom stereocenters. The molecule has 0 bridgehead atoms. The van der Waals surface area contributed by atoms with Crippen LogP contribution in [0.3, 0.4) is 0 Å². The Balaban J connectivity index is 2.31. The molecule has 0 saturated carbocycles. The predicted molar refractivity (Wildman–Crippen MR) is 82.9 cm³/mol. The van der Waals surface area contributed by atoms with Crippen LogP contribution in [0.15, 0.2) is 54.6 Å². The largest absolute Gasteiger partial charge is 0.508 e. The number of phenolic OH excluding ortho intramolecular Hbond substituents is 2. The quantitative estimate of drug-likeness (QED) is 0.861. The molecule has 0 amide bonds. The summed E-state index contributed by atoms with van der Waals surface area (Å²) < 4.78 is 0. The molecule has 0 aromatic heterocycles. The van der Waals surface area contributed by atoms with Crippen LogP contribution in [0.4, 0.5) is 0 Å². The van der Waals surface area contributed by atoms with Crippen molar-refractivity contribution in [1.82, 2.24) is 0 Å². The van der Waals surface area contributed by atoms with Gasteiger partial charge in [0.25, 0.3) is 0 Å². The summed E-state index contributed by atoms with van der Waals surface area (Å²) in [5, 5.41) is 18.7. The molecule has 2 N–H and O–H groups in total. The van der Waals surface area contributed by atoms with Gasteiger partial charge in [0, 0.05) is 5.41 Å². The minimum Gasteiger partial charge on any atom is -0.508 e. The average molecular weight is 268 g/mol. The van der Waals surface area contributed by atoms with Crippen LogP contribution in [0.2, 0.25) is 0 Å². The third-order valence-electron chi connectivity index (χ3n) is 3.51. The Morgan fingerprint density at radius 2 is 1.30 bits per heavy atom. The first-order valence-corrected chi connectivity index (χ1v) is 6.67. The Hall–Kier alpha value is -2.22. The highest BCUT2D eigenvalue weighted by molar-refractivity contribution is 5.66. The molecule has 2 heteroatoms. The van der Waals surface area contributed by atoms with Gasteiger partial charge in [-0.1, -0.05) is 44.2 Å². The molecule has 2 nitrogen and oxygen atoms in total. The molecule has 0 aliphatic carbocycles. The number of benzene rings is 2. The highest BCUT2D eigenvalue weighted by Gasteiger charge is 2.18. The van der Waals surface area contributed by atoms with Crippen molar-refractivity contribution in [3.05, 3.63) is 65.7 Å². The fourth-order valence-corrected chi connectivity index (χ4v) is 2.32. The maximum absolute atomic E-state index is 9.37. The Morgan fingerprint density at radius 1 is 0.850 bits per heavy atom. The molecular weight excluding hydrogens is 248 g/mol. The summed E-state index contributed by atoms with van der Waals surface area (Å²) in [4.78, 5) is 0. The van der Waals surface area contributed by atoms with Gasteiger partial charge in [-0.15, -0.1) is 0 Å². The van der Waals surface area contributed by atoms with Gasteiger partial charge >= 0.3 is 0 Å². The minimum absolute atomic E-state index is 0.129. The smallest absolute Gasteiger partial charge is 0.115 e. The Bertz CT molecular complexity index is 605. The lowest BCUT2D eigenvalue weighted by Crippen LogP contribution is -2.13. The number of allylic oxidation sites excluding steroid dienone is 2. The fourth-order valence-electron chi connectivity index (χ4n) is 2.32. The summed E-state index contributed by atoms with van der Waals surface area (Å²) >= 11 is 0. The zero-order chi connectivity index (χ0) is 14.8. The van der Waals surface area contributed by atoms with E-state index in [2.05, 4.69) is 26.8 Å². The van der Waals surface area contributed by atoms with Crippen molar-refractivity contribution in [3.8, 4) is 11.5 Å². The second kappa shape index (κ2) is 5.41. The van der Waals surface area contributed by atoms with Crippen molar-refractivity contribution in [3.63, 3.8) is 0 Å². The number of rotatable bonds is 3. The van der Waals surface area contributed by atoms with Crippen LogP contribution in [0.25, 0.3) is 5.57 Å². The molecule has 0 radical (unpaired) electrons. The predicted octanol–water partition coefficient (Wildman–Crippen LogP) is 4.48. The molecule has 0 aliphatic heterocycles. The molecule has 0 saturated heterocycles. The molecule has 0 heterocycles. The maximum atomic E-state index is 9.37. The van der Waals surface area contributed by atoms with Crippen LogP contribution in [0, 0.1) is 0 Å². The first-order valence-electron chi connectivity index (χ1n) is 6.67. The highest BCUT2D eigenvalue weighted by Crippen LogP contribution is 2.30. The number of aromatic hydroxyl groups is 2. The van der Waals surface area contributed by atoms with Gasteiger partial charge in [-0.2, -0.15) is 0 Å². The van der Waals surface area contributed by atoms with Crippen molar-refractivity contribution in [1.29, 1.82) is 0 Å². The standard InChI is InChI=1S/C18H20O2/c1-13(14-4-8-16(19)9-5-14)12-18(2,3)15-6-10-17(20)11-7-15/h4-12,19-20H,1-3H3/b13-12-. The zero-order valence-electron chi connectivity index (χ0n) is 12.1. The monoisotopic (exact) mass is 268 g/mol. The third kappa shape index (κ3) is 3.21. The third-order valence-corrected chi connectivity index (χ3v) is 3.51. The Morgan fingerprint density at radius 3 is 1.80 bits per heavy atom. The first kappa shape index (κ1) is 14.2. The first-order chi connectivity index (χ1) is 9.38.